The molecule has 0 spiro atoms. The van der Waals surface area contributed by atoms with Gasteiger partial charge in [0.25, 0.3) is 0 Å². The number of aryl methyl sites for hydroxylation is 1. The van der Waals surface area contributed by atoms with E-state index < -0.39 is 0 Å². The first-order valence-corrected chi connectivity index (χ1v) is 8.92. The second-order valence-electron chi connectivity index (χ2n) is 5.58. The second kappa shape index (κ2) is 8.05. The van der Waals surface area contributed by atoms with Crippen LogP contribution in [-0.2, 0) is 11.2 Å². The summed E-state index contributed by atoms with van der Waals surface area (Å²) < 4.78 is 19.4. The molecule has 0 aliphatic heterocycles. The standard InChI is InChI=1S/C17H18FN5O2S/c1-11-14(7-9-25-11)16-21-22-17(23(16)19)26-10-15(24)20-8-6-12-2-4-13(18)5-3-12/h2-5,7,9H,6,8,10,19H2,1H3,(H,20,24). The Bertz CT molecular complexity index is 891. The maximum absolute atomic E-state index is 12.8. The molecule has 0 unspecified atom stereocenters. The molecule has 1 amide bonds. The summed E-state index contributed by atoms with van der Waals surface area (Å²) >= 11 is 1.20. The third-order valence-electron chi connectivity index (χ3n) is 3.75. The molecular weight excluding hydrogens is 357 g/mol. The Morgan fingerprint density at radius 2 is 2.08 bits per heavy atom. The van der Waals surface area contributed by atoms with Crippen LogP contribution in [0.25, 0.3) is 11.4 Å². The first-order chi connectivity index (χ1) is 12.5. The molecule has 0 saturated heterocycles. The summed E-state index contributed by atoms with van der Waals surface area (Å²) in [7, 11) is 0. The molecule has 136 valence electrons. The van der Waals surface area contributed by atoms with Crippen LogP contribution >= 0.6 is 11.8 Å². The lowest BCUT2D eigenvalue weighted by atomic mass is 10.1. The Balaban J connectivity index is 1.48. The van der Waals surface area contributed by atoms with Crippen molar-refractivity contribution in [3.05, 3.63) is 53.7 Å². The van der Waals surface area contributed by atoms with Gasteiger partial charge in [0.1, 0.15) is 11.6 Å². The number of halogens is 1. The predicted molar refractivity (Wildman–Crippen MR) is 96.4 cm³/mol. The van der Waals surface area contributed by atoms with Gasteiger partial charge in [0.15, 0.2) is 5.82 Å². The number of hydrogen-bond donors (Lipinski definition) is 2. The van der Waals surface area contributed by atoms with E-state index in [0.29, 0.717) is 29.7 Å². The maximum Gasteiger partial charge on any atom is 0.230 e. The molecule has 0 fully saturated rings. The Labute approximate surface area is 153 Å². The van der Waals surface area contributed by atoms with Crippen molar-refractivity contribution < 1.29 is 13.6 Å². The number of thioether (sulfide) groups is 1. The number of benzene rings is 1. The average molecular weight is 375 g/mol. The zero-order valence-corrected chi connectivity index (χ0v) is 14.9. The number of furan rings is 1. The number of carbonyl (C=O) groups is 1. The van der Waals surface area contributed by atoms with Gasteiger partial charge in [-0.1, -0.05) is 23.9 Å². The first-order valence-electron chi connectivity index (χ1n) is 7.93. The Kier molecular flexibility index (Phi) is 5.57. The van der Waals surface area contributed by atoms with Gasteiger partial charge in [-0.05, 0) is 37.1 Å². The lowest BCUT2D eigenvalue weighted by Crippen LogP contribution is -2.27. The van der Waals surface area contributed by atoms with Crippen molar-refractivity contribution >= 4 is 17.7 Å². The average Bonchev–Trinajstić information content (AvgIpc) is 3.20. The third kappa shape index (κ3) is 4.23. The summed E-state index contributed by atoms with van der Waals surface area (Å²) in [5.74, 6) is 6.94. The molecule has 2 aromatic heterocycles. The molecule has 0 radical (unpaired) electrons. The van der Waals surface area contributed by atoms with E-state index in [1.165, 1.54) is 28.6 Å². The molecule has 0 bridgehead atoms. The van der Waals surface area contributed by atoms with Crippen molar-refractivity contribution in [2.24, 2.45) is 0 Å². The predicted octanol–water partition coefficient (Wildman–Crippen LogP) is 2.15. The summed E-state index contributed by atoms with van der Waals surface area (Å²) in [5.41, 5.74) is 1.72. The Morgan fingerprint density at radius 1 is 1.31 bits per heavy atom. The van der Waals surface area contributed by atoms with Crippen LogP contribution in [0, 0.1) is 12.7 Å². The Morgan fingerprint density at radius 3 is 2.77 bits per heavy atom. The van der Waals surface area contributed by atoms with Gasteiger partial charge in [-0.15, -0.1) is 10.2 Å². The fraction of sp³-hybridized carbons (Fsp3) is 0.235. The molecule has 0 atom stereocenters. The monoisotopic (exact) mass is 375 g/mol. The van der Waals surface area contributed by atoms with Gasteiger partial charge < -0.3 is 15.6 Å². The van der Waals surface area contributed by atoms with E-state index in [2.05, 4.69) is 15.5 Å². The lowest BCUT2D eigenvalue weighted by molar-refractivity contribution is -0.118. The van der Waals surface area contributed by atoms with Gasteiger partial charge in [0, 0.05) is 6.54 Å². The van der Waals surface area contributed by atoms with Crippen molar-refractivity contribution in [1.82, 2.24) is 20.2 Å². The highest BCUT2D eigenvalue weighted by atomic mass is 32.2. The minimum atomic E-state index is -0.273. The number of rotatable bonds is 7. The molecule has 0 aliphatic carbocycles. The van der Waals surface area contributed by atoms with Gasteiger partial charge in [-0.25, -0.2) is 9.07 Å². The molecule has 3 N–H and O–H groups in total. The molecule has 0 saturated carbocycles. The molecule has 0 aliphatic rings. The molecule has 2 heterocycles. The van der Waals surface area contributed by atoms with Crippen LogP contribution in [0.2, 0.25) is 0 Å². The van der Waals surface area contributed by atoms with Gasteiger partial charge in [0.2, 0.25) is 11.1 Å². The summed E-state index contributed by atoms with van der Waals surface area (Å²) in [6.45, 7) is 2.28. The van der Waals surface area contributed by atoms with Crippen LogP contribution in [0.3, 0.4) is 0 Å². The summed E-state index contributed by atoms with van der Waals surface area (Å²) in [4.78, 5) is 12.0. The lowest BCUT2D eigenvalue weighted by Gasteiger charge is -2.06. The number of nitrogens with one attached hydrogen (secondary N) is 1. The van der Waals surface area contributed by atoms with E-state index in [0.717, 1.165) is 11.1 Å². The summed E-state index contributed by atoms with van der Waals surface area (Å²) in [6.07, 6.45) is 2.19. The normalized spacial score (nSPS) is 10.8. The number of nitrogen functional groups attached to an aromatic ring is 1. The fourth-order valence-electron chi connectivity index (χ4n) is 2.35. The van der Waals surface area contributed by atoms with Crippen molar-refractivity contribution in [3.8, 4) is 11.4 Å². The number of aromatic nitrogens is 3. The molecular formula is C17H18FN5O2S. The molecule has 9 heteroatoms. The van der Waals surface area contributed by atoms with E-state index in [9.17, 15) is 9.18 Å². The highest BCUT2D eigenvalue weighted by Crippen LogP contribution is 2.24. The first kappa shape index (κ1) is 18.0. The molecule has 3 aromatic rings. The molecule has 1 aromatic carbocycles. The van der Waals surface area contributed by atoms with E-state index in [1.807, 2.05) is 6.92 Å². The smallest absolute Gasteiger partial charge is 0.230 e. The zero-order valence-electron chi connectivity index (χ0n) is 14.1. The molecule has 7 nitrogen and oxygen atoms in total. The van der Waals surface area contributed by atoms with Gasteiger partial charge in [0.05, 0.1) is 17.6 Å². The van der Waals surface area contributed by atoms with Crippen LogP contribution in [-0.4, -0.2) is 33.1 Å². The largest absolute Gasteiger partial charge is 0.469 e. The number of carbonyl (C=O) groups excluding carboxylic acids is 1. The van der Waals surface area contributed by atoms with E-state index in [4.69, 9.17) is 10.3 Å². The highest BCUT2D eigenvalue weighted by molar-refractivity contribution is 7.99. The van der Waals surface area contributed by atoms with Crippen molar-refractivity contribution in [3.63, 3.8) is 0 Å². The Hall–Kier alpha value is -2.81. The topological polar surface area (TPSA) is 99.0 Å². The van der Waals surface area contributed by atoms with Crippen molar-refractivity contribution in [2.45, 2.75) is 18.5 Å². The van der Waals surface area contributed by atoms with Crippen molar-refractivity contribution in [1.29, 1.82) is 0 Å². The summed E-state index contributed by atoms with van der Waals surface area (Å²) in [6, 6.07) is 7.97. The number of nitrogens with two attached hydrogens (primary N) is 1. The number of nitrogens with zero attached hydrogens (tertiary/aromatic N) is 3. The van der Waals surface area contributed by atoms with E-state index in [-0.39, 0.29) is 17.5 Å². The third-order valence-corrected chi connectivity index (χ3v) is 4.69. The summed E-state index contributed by atoms with van der Waals surface area (Å²) in [5, 5.41) is 11.3. The minimum Gasteiger partial charge on any atom is -0.469 e. The number of amides is 1. The minimum absolute atomic E-state index is 0.138. The molecule has 3 rings (SSSR count). The maximum atomic E-state index is 12.8. The fourth-order valence-corrected chi connectivity index (χ4v) is 3.04. The van der Waals surface area contributed by atoms with E-state index in [1.54, 1.807) is 24.5 Å². The van der Waals surface area contributed by atoms with Crippen molar-refractivity contribution in [2.75, 3.05) is 18.1 Å². The quantitative estimate of drug-likeness (QED) is 0.485. The van der Waals surface area contributed by atoms with Crippen LogP contribution in [0.15, 0.2) is 46.2 Å². The van der Waals surface area contributed by atoms with Crippen LogP contribution in [0.5, 0.6) is 0 Å². The SMILES string of the molecule is Cc1occc1-c1nnc(SCC(=O)NCCc2ccc(F)cc2)n1N. The van der Waals surface area contributed by atoms with Crippen LogP contribution in [0.1, 0.15) is 11.3 Å². The zero-order chi connectivity index (χ0) is 18.5. The van der Waals surface area contributed by atoms with Crippen LogP contribution < -0.4 is 11.2 Å². The van der Waals surface area contributed by atoms with E-state index >= 15 is 0 Å². The highest BCUT2D eigenvalue weighted by Gasteiger charge is 2.16. The molecule has 26 heavy (non-hydrogen) atoms. The number of hydrogen-bond acceptors (Lipinski definition) is 6. The second-order valence-corrected chi connectivity index (χ2v) is 6.52. The van der Waals surface area contributed by atoms with Crippen LogP contribution in [0.4, 0.5) is 4.39 Å². The van der Waals surface area contributed by atoms with Gasteiger partial charge in [-0.3, -0.25) is 4.79 Å². The van der Waals surface area contributed by atoms with Gasteiger partial charge in [-0.2, -0.15) is 0 Å². The van der Waals surface area contributed by atoms with Gasteiger partial charge >= 0.3 is 0 Å².